The number of rotatable bonds is 12. The van der Waals surface area contributed by atoms with E-state index in [2.05, 4.69) is 68.0 Å². The van der Waals surface area contributed by atoms with Crippen LogP contribution in [0.2, 0.25) is 0 Å². The van der Waals surface area contributed by atoms with E-state index in [1.807, 2.05) is 13.0 Å². The molecule has 2 aliphatic heterocycles. The topological polar surface area (TPSA) is 130 Å². The van der Waals surface area contributed by atoms with Gasteiger partial charge in [0.1, 0.15) is 0 Å². The van der Waals surface area contributed by atoms with Crippen molar-refractivity contribution in [1.82, 2.24) is 24.8 Å². The van der Waals surface area contributed by atoms with Gasteiger partial charge in [-0.2, -0.15) is 0 Å². The fraction of sp³-hybridized carbons (Fsp3) is 0.452. The third-order valence-corrected chi connectivity index (χ3v) is 10.5. The lowest BCUT2D eigenvalue weighted by Crippen LogP contribution is -2.31. The number of esters is 2. The van der Waals surface area contributed by atoms with Crippen LogP contribution < -0.4 is 0 Å². The summed E-state index contributed by atoms with van der Waals surface area (Å²) < 4.78 is 9.99. The normalized spacial score (nSPS) is 16.2. The minimum absolute atomic E-state index is 0.0165. The van der Waals surface area contributed by atoms with Crippen molar-refractivity contribution in [2.45, 2.75) is 97.8 Å². The van der Waals surface area contributed by atoms with Crippen molar-refractivity contribution in [2.24, 2.45) is 0 Å². The van der Waals surface area contributed by atoms with Gasteiger partial charge in [-0.1, -0.05) is 25.8 Å². The molecule has 10 nitrogen and oxygen atoms in total. The van der Waals surface area contributed by atoms with E-state index in [9.17, 15) is 14.4 Å². The largest absolute Gasteiger partial charge is 0.469 e. The summed E-state index contributed by atoms with van der Waals surface area (Å²) in [7, 11) is 6.38. The van der Waals surface area contributed by atoms with Crippen molar-refractivity contribution in [2.75, 3.05) is 28.3 Å². The van der Waals surface area contributed by atoms with Crippen LogP contribution in [-0.2, 0) is 42.1 Å². The molecule has 5 heterocycles. The summed E-state index contributed by atoms with van der Waals surface area (Å²) >= 11 is 0. The number of aromatic nitrogens is 4. The van der Waals surface area contributed by atoms with Gasteiger partial charge >= 0.3 is 11.9 Å². The molecular weight excluding hydrogens is 654 g/mol. The molecule has 8 bridgehead atoms. The molecule has 1 atom stereocenters. The van der Waals surface area contributed by atoms with Gasteiger partial charge in [0.2, 0.25) is 5.91 Å². The van der Waals surface area contributed by atoms with E-state index in [0.29, 0.717) is 12.8 Å². The van der Waals surface area contributed by atoms with Gasteiger partial charge in [0.25, 0.3) is 0 Å². The molecule has 10 heteroatoms. The van der Waals surface area contributed by atoms with Crippen LogP contribution in [0.4, 0.5) is 0 Å². The lowest BCUT2D eigenvalue weighted by Gasteiger charge is -2.27. The smallest absolute Gasteiger partial charge is 0.305 e. The number of H-pyrrole nitrogens is 2. The number of hydrogen-bond donors (Lipinski definition) is 2. The minimum atomic E-state index is -0.706. The second-order valence-corrected chi connectivity index (χ2v) is 14.4. The molecule has 0 fully saturated rings. The van der Waals surface area contributed by atoms with Crippen LogP contribution in [0.25, 0.3) is 39.3 Å². The van der Waals surface area contributed by atoms with Crippen LogP contribution in [0.5, 0.6) is 0 Å². The average Bonchev–Trinajstić information content (AvgIpc) is 3.77. The van der Waals surface area contributed by atoms with Crippen LogP contribution in [-0.4, -0.2) is 71.0 Å². The molecule has 52 heavy (non-hydrogen) atoms. The lowest BCUT2D eigenvalue weighted by atomic mass is 9.76. The number of carbonyl (C=O) groups is 3. The predicted octanol–water partition coefficient (Wildman–Crippen LogP) is 8.10. The summed E-state index contributed by atoms with van der Waals surface area (Å²) in [4.78, 5) is 57.4. The van der Waals surface area contributed by atoms with Crippen LogP contribution in [0.1, 0.15) is 111 Å². The first-order chi connectivity index (χ1) is 24.8. The number of aromatic amines is 2. The Bertz CT molecular complexity index is 2100. The molecule has 3 aromatic rings. The highest BCUT2D eigenvalue weighted by Crippen LogP contribution is 2.45. The molecule has 3 aromatic heterocycles. The van der Waals surface area contributed by atoms with E-state index in [0.717, 1.165) is 104 Å². The first-order valence-corrected chi connectivity index (χ1v) is 18.3. The average molecular weight is 708 g/mol. The first-order valence-electron chi connectivity index (χ1n) is 18.3. The fourth-order valence-electron chi connectivity index (χ4n) is 7.18. The van der Waals surface area contributed by atoms with Crippen molar-refractivity contribution in [3.8, 4) is 0 Å². The summed E-state index contributed by atoms with van der Waals surface area (Å²) in [6.45, 7) is 10.5. The maximum Gasteiger partial charge on any atom is 0.305 e. The Morgan fingerprint density at radius 1 is 0.808 bits per heavy atom. The Hall–Kier alpha value is -4.99. The number of ether oxygens (including phenoxy) is 2. The maximum atomic E-state index is 13.5. The number of allylic oxidation sites excluding steroid dienone is 3. The second-order valence-electron chi connectivity index (χ2n) is 14.4. The SMILES string of the molecule is CCCCC/C=C1\c2cc3nc(cc4[nH]c(cc5[nH]c(cc(n2)[C@@]1(C)CC(=O)N(C)C)c(C)c5CCC(=O)OC)c(CCC(=O)OC)c4C)C=C3C. The van der Waals surface area contributed by atoms with E-state index in [-0.39, 0.29) is 37.1 Å². The zero-order valence-corrected chi connectivity index (χ0v) is 32.2. The lowest BCUT2D eigenvalue weighted by molar-refractivity contribution is -0.141. The molecular formula is C42H53N5O5. The van der Waals surface area contributed by atoms with Crippen LogP contribution in [0.15, 0.2) is 30.3 Å². The van der Waals surface area contributed by atoms with E-state index >= 15 is 0 Å². The molecule has 276 valence electrons. The van der Waals surface area contributed by atoms with Gasteiger partial charge in [-0.05, 0) is 117 Å². The molecule has 5 rings (SSSR count). The number of aryl methyl sites for hydroxylation is 4. The molecule has 0 spiro atoms. The predicted molar refractivity (Wildman–Crippen MR) is 207 cm³/mol. The number of hydrogen-bond acceptors (Lipinski definition) is 7. The molecule has 0 radical (unpaired) electrons. The summed E-state index contributed by atoms with van der Waals surface area (Å²) in [5.41, 5.74) is 12.0. The zero-order valence-electron chi connectivity index (χ0n) is 32.2. The zero-order chi connectivity index (χ0) is 37.7. The second kappa shape index (κ2) is 16.1. The molecule has 2 aliphatic rings. The molecule has 0 unspecified atom stereocenters. The number of amides is 1. The van der Waals surface area contributed by atoms with Crippen molar-refractivity contribution < 1.29 is 23.9 Å². The number of unbranched alkanes of at least 4 members (excludes halogenated alkanes) is 3. The number of carbonyl (C=O) groups excluding carboxylic acids is 3. The molecule has 2 N–H and O–H groups in total. The van der Waals surface area contributed by atoms with Gasteiger partial charge < -0.3 is 24.3 Å². The van der Waals surface area contributed by atoms with E-state index in [1.54, 1.807) is 19.0 Å². The van der Waals surface area contributed by atoms with Crippen LogP contribution in [0.3, 0.4) is 0 Å². The highest BCUT2D eigenvalue weighted by atomic mass is 16.5. The van der Waals surface area contributed by atoms with E-state index in [4.69, 9.17) is 19.4 Å². The summed E-state index contributed by atoms with van der Waals surface area (Å²) in [6.07, 6.45) is 10.2. The number of nitrogens with one attached hydrogen (secondary N) is 2. The third kappa shape index (κ3) is 8.06. The minimum Gasteiger partial charge on any atom is -0.469 e. The van der Waals surface area contributed by atoms with Crippen molar-refractivity contribution in [3.05, 3.63) is 75.4 Å². The van der Waals surface area contributed by atoms with Gasteiger partial charge in [-0.15, -0.1) is 0 Å². The molecule has 0 saturated carbocycles. The number of methoxy groups -OCH3 is 2. The van der Waals surface area contributed by atoms with Crippen molar-refractivity contribution in [1.29, 1.82) is 0 Å². The summed E-state index contributed by atoms with van der Waals surface area (Å²) in [6, 6.07) is 8.22. The molecule has 0 aromatic carbocycles. The molecule has 1 amide bonds. The van der Waals surface area contributed by atoms with Crippen molar-refractivity contribution in [3.63, 3.8) is 0 Å². The first kappa shape index (κ1) is 38.2. The quantitative estimate of drug-likeness (QED) is 0.144. The van der Waals surface area contributed by atoms with Gasteiger partial charge in [-0.25, -0.2) is 4.98 Å². The Labute approximate surface area is 306 Å². The third-order valence-electron chi connectivity index (χ3n) is 10.5. The fourth-order valence-corrected chi connectivity index (χ4v) is 7.18. The van der Waals surface area contributed by atoms with Gasteiger partial charge in [-0.3, -0.25) is 19.4 Å². The maximum absolute atomic E-state index is 13.5. The highest BCUT2D eigenvalue weighted by molar-refractivity contribution is 5.89. The van der Waals surface area contributed by atoms with Crippen LogP contribution in [0, 0.1) is 13.8 Å². The van der Waals surface area contributed by atoms with Gasteiger partial charge in [0.15, 0.2) is 0 Å². The van der Waals surface area contributed by atoms with E-state index in [1.165, 1.54) is 14.2 Å². The number of nitrogens with zero attached hydrogens (tertiary/aromatic N) is 3. The monoisotopic (exact) mass is 707 g/mol. The Morgan fingerprint density at radius 2 is 1.40 bits per heavy atom. The Balaban J connectivity index is 1.89. The summed E-state index contributed by atoms with van der Waals surface area (Å²) in [5, 5.41) is 0. The Kier molecular flexibility index (Phi) is 11.9. The van der Waals surface area contributed by atoms with Gasteiger partial charge in [0, 0.05) is 60.8 Å². The molecule has 0 saturated heterocycles. The van der Waals surface area contributed by atoms with Crippen LogP contribution >= 0.6 is 0 Å². The summed E-state index contributed by atoms with van der Waals surface area (Å²) in [5.74, 6) is -0.554. The number of fused-ring (bicyclic) bond motifs is 8. The van der Waals surface area contributed by atoms with E-state index < -0.39 is 5.41 Å². The Morgan fingerprint density at radius 3 is 1.96 bits per heavy atom. The standard InChI is InChI=1S/C42H53N5O5/c1-10-11-12-13-14-31-37-21-32-25(2)19-28(43-32)20-33-26(3)29(15-17-40(49)51-8)35(44-33)22-36-30(16-18-41(50)52-9)27(4)34(45-36)23-38(46-37)42(31,5)24-39(48)47(6)7/h14,19-23,44-45H,10-13,15-18,24H2,1-9H3/b28-20?,31-14+,32-21?,33-20?,34-23?,35-22?,36-22?,37-21?,38-23?/t42-/m0/s1. The van der Waals surface area contributed by atoms with Crippen molar-refractivity contribution >= 4 is 57.1 Å². The van der Waals surface area contributed by atoms with Gasteiger partial charge in [0.05, 0.1) is 37.0 Å². The highest BCUT2D eigenvalue weighted by Gasteiger charge is 2.41. The molecule has 0 aliphatic carbocycles.